The molecule has 21 heavy (non-hydrogen) atoms. The number of nitrogens with zero attached hydrogens (tertiary/aromatic N) is 1. The standard InChI is InChI=1S/C17H26N2O2/c1-12(2)13-4-6-14(7-5-13)15-8-16(18)10-19(9-15)11-17(20)21-3/h4-7,12,15-16H,8-11,18H2,1-3H3. The van der Waals surface area contributed by atoms with Gasteiger partial charge in [0.25, 0.3) is 0 Å². The van der Waals surface area contributed by atoms with Gasteiger partial charge in [-0.3, -0.25) is 9.69 Å². The van der Waals surface area contributed by atoms with E-state index < -0.39 is 0 Å². The van der Waals surface area contributed by atoms with Crippen LogP contribution in [0.2, 0.25) is 0 Å². The minimum Gasteiger partial charge on any atom is -0.468 e. The zero-order chi connectivity index (χ0) is 15.4. The number of esters is 1. The van der Waals surface area contributed by atoms with E-state index in [1.54, 1.807) is 0 Å². The summed E-state index contributed by atoms with van der Waals surface area (Å²) in [6.07, 6.45) is 0.971. The lowest BCUT2D eigenvalue weighted by Gasteiger charge is -2.36. The SMILES string of the molecule is COC(=O)CN1CC(N)CC(c2ccc(C(C)C)cc2)C1. The lowest BCUT2D eigenvalue weighted by molar-refractivity contribution is -0.142. The number of hydrogen-bond acceptors (Lipinski definition) is 4. The van der Waals surface area contributed by atoms with Gasteiger partial charge in [0, 0.05) is 19.1 Å². The molecule has 1 aliphatic rings. The molecular formula is C17H26N2O2. The Morgan fingerprint density at radius 3 is 2.57 bits per heavy atom. The molecule has 4 nitrogen and oxygen atoms in total. The second-order valence-electron chi connectivity index (χ2n) is 6.28. The third-order valence-electron chi connectivity index (χ3n) is 4.21. The smallest absolute Gasteiger partial charge is 0.319 e. The predicted octanol–water partition coefficient (Wildman–Crippen LogP) is 2.10. The highest BCUT2D eigenvalue weighted by atomic mass is 16.5. The van der Waals surface area contributed by atoms with Crippen molar-refractivity contribution >= 4 is 5.97 Å². The lowest BCUT2D eigenvalue weighted by Crippen LogP contribution is -2.48. The Morgan fingerprint density at radius 1 is 1.33 bits per heavy atom. The molecule has 2 N–H and O–H groups in total. The van der Waals surface area contributed by atoms with Crippen LogP contribution in [0, 0.1) is 0 Å². The first-order valence-electron chi connectivity index (χ1n) is 7.64. The zero-order valence-corrected chi connectivity index (χ0v) is 13.2. The maximum absolute atomic E-state index is 11.4. The maximum Gasteiger partial charge on any atom is 0.319 e. The van der Waals surface area contributed by atoms with Gasteiger partial charge < -0.3 is 10.5 Å². The van der Waals surface area contributed by atoms with Crippen LogP contribution in [-0.4, -0.2) is 43.7 Å². The first kappa shape index (κ1) is 16.0. The summed E-state index contributed by atoms with van der Waals surface area (Å²) >= 11 is 0. The number of benzene rings is 1. The van der Waals surface area contributed by atoms with Crippen molar-refractivity contribution in [2.75, 3.05) is 26.7 Å². The minimum atomic E-state index is -0.196. The molecule has 1 heterocycles. The minimum absolute atomic E-state index is 0.109. The van der Waals surface area contributed by atoms with Gasteiger partial charge >= 0.3 is 5.97 Å². The molecule has 1 aromatic rings. The van der Waals surface area contributed by atoms with Crippen LogP contribution in [0.4, 0.5) is 0 Å². The van der Waals surface area contributed by atoms with Crippen LogP contribution >= 0.6 is 0 Å². The molecule has 0 aliphatic carbocycles. The van der Waals surface area contributed by atoms with Gasteiger partial charge in [-0.25, -0.2) is 0 Å². The third-order valence-corrected chi connectivity index (χ3v) is 4.21. The van der Waals surface area contributed by atoms with Crippen LogP contribution in [-0.2, 0) is 9.53 Å². The topological polar surface area (TPSA) is 55.6 Å². The van der Waals surface area contributed by atoms with E-state index in [-0.39, 0.29) is 12.0 Å². The molecule has 0 amide bonds. The summed E-state index contributed by atoms with van der Waals surface area (Å²) in [6, 6.07) is 8.91. The highest BCUT2D eigenvalue weighted by Gasteiger charge is 2.27. The Hall–Kier alpha value is -1.39. The van der Waals surface area contributed by atoms with E-state index in [0.29, 0.717) is 18.4 Å². The second kappa shape index (κ2) is 7.05. The van der Waals surface area contributed by atoms with Gasteiger partial charge in [-0.15, -0.1) is 0 Å². The van der Waals surface area contributed by atoms with E-state index in [2.05, 4.69) is 43.0 Å². The van der Waals surface area contributed by atoms with Gasteiger partial charge in [-0.05, 0) is 29.4 Å². The number of piperidine rings is 1. The van der Waals surface area contributed by atoms with Crippen molar-refractivity contribution in [2.45, 2.75) is 38.1 Å². The normalized spacial score (nSPS) is 23.3. The Labute approximate surface area is 127 Å². The third kappa shape index (κ3) is 4.29. The molecule has 1 aromatic carbocycles. The maximum atomic E-state index is 11.4. The molecule has 4 heteroatoms. The molecular weight excluding hydrogens is 264 g/mol. The first-order chi connectivity index (χ1) is 9.99. The first-order valence-corrected chi connectivity index (χ1v) is 7.64. The van der Waals surface area contributed by atoms with E-state index >= 15 is 0 Å². The number of rotatable bonds is 4. The van der Waals surface area contributed by atoms with E-state index in [9.17, 15) is 4.79 Å². The molecule has 0 bridgehead atoms. The summed E-state index contributed by atoms with van der Waals surface area (Å²) in [6.45, 7) is 6.34. The molecule has 0 radical (unpaired) electrons. The second-order valence-corrected chi connectivity index (χ2v) is 6.28. The number of likely N-dealkylation sites (tertiary alicyclic amines) is 1. The fourth-order valence-electron chi connectivity index (χ4n) is 3.00. The van der Waals surface area contributed by atoms with E-state index in [1.807, 2.05) is 0 Å². The molecule has 2 rings (SSSR count). The van der Waals surface area contributed by atoms with Crippen molar-refractivity contribution in [2.24, 2.45) is 5.73 Å². The van der Waals surface area contributed by atoms with Gasteiger partial charge in [0.15, 0.2) is 0 Å². The van der Waals surface area contributed by atoms with Gasteiger partial charge in [-0.2, -0.15) is 0 Å². The van der Waals surface area contributed by atoms with Crippen LogP contribution in [0.25, 0.3) is 0 Å². The highest BCUT2D eigenvalue weighted by molar-refractivity contribution is 5.71. The molecule has 0 spiro atoms. The molecule has 0 aromatic heterocycles. The van der Waals surface area contributed by atoms with Crippen molar-refractivity contribution in [3.05, 3.63) is 35.4 Å². The summed E-state index contributed by atoms with van der Waals surface area (Å²) in [7, 11) is 1.42. The van der Waals surface area contributed by atoms with Crippen LogP contribution < -0.4 is 5.73 Å². The number of hydrogen-bond donors (Lipinski definition) is 1. The van der Waals surface area contributed by atoms with Crippen LogP contribution in [0.5, 0.6) is 0 Å². The number of carbonyl (C=O) groups is 1. The van der Waals surface area contributed by atoms with Crippen LogP contribution in [0.3, 0.4) is 0 Å². The summed E-state index contributed by atoms with van der Waals surface area (Å²) < 4.78 is 4.75. The van der Waals surface area contributed by atoms with Crippen molar-refractivity contribution in [1.29, 1.82) is 0 Å². The van der Waals surface area contributed by atoms with Crippen molar-refractivity contribution < 1.29 is 9.53 Å². The number of methoxy groups -OCH3 is 1. The molecule has 1 aliphatic heterocycles. The highest BCUT2D eigenvalue weighted by Crippen LogP contribution is 2.27. The number of carbonyl (C=O) groups excluding carboxylic acids is 1. The van der Waals surface area contributed by atoms with E-state index in [0.717, 1.165) is 19.5 Å². The quantitative estimate of drug-likeness (QED) is 0.863. The number of nitrogens with two attached hydrogens (primary N) is 1. The largest absolute Gasteiger partial charge is 0.468 e. The Kier molecular flexibility index (Phi) is 5.37. The molecule has 116 valence electrons. The Balaban J connectivity index is 2.06. The Morgan fingerprint density at radius 2 is 2.00 bits per heavy atom. The van der Waals surface area contributed by atoms with Gasteiger partial charge in [0.1, 0.15) is 0 Å². The van der Waals surface area contributed by atoms with Crippen LogP contribution in [0.15, 0.2) is 24.3 Å². The average Bonchev–Trinajstić information content (AvgIpc) is 2.46. The molecule has 0 saturated carbocycles. The molecule has 1 saturated heterocycles. The van der Waals surface area contributed by atoms with E-state index in [4.69, 9.17) is 10.5 Å². The van der Waals surface area contributed by atoms with Crippen LogP contribution in [0.1, 0.15) is 43.2 Å². The monoisotopic (exact) mass is 290 g/mol. The summed E-state index contributed by atoms with van der Waals surface area (Å²) in [5.41, 5.74) is 8.82. The zero-order valence-electron chi connectivity index (χ0n) is 13.2. The van der Waals surface area contributed by atoms with E-state index in [1.165, 1.54) is 18.2 Å². The predicted molar refractivity (Wildman–Crippen MR) is 84.3 cm³/mol. The molecule has 2 atom stereocenters. The fraction of sp³-hybridized carbons (Fsp3) is 0.588. The van der Waals surface area contributed by atoms with Gasteiger partial charge in [0.05, 0.1) is 13.7 Å². The lowest BCUT2D eigenvalue weighted by atomic mass is 9.87. The summed E-state index contributed by atoms with van der Waals surface area (Å²) in [5.74, 6) is 0.737. The Bertz CT molecular complexity index is 470. The van der Waals surface area contributed by atoms with Gasteiger partial charge in [0.2, 0.25) is 0 Å². The fourth-order valence-corrected chi connectivity index (χ4v) is 3.00. The molecule has 2 unspecified atom stereocenters. The number of ether oxygens (including phenoxy) is 1. The van der Waals surface area contributed by atoms with Gasteiger partial charge in [-0.1, -0.05) is 38.1 Å². The summed E-state index contributed by atoms with van der Waals surface area (Å²) in [5, 5.41) is 0. The van der Waals surface area contributed by atoms with Crippen molar-refractivity contribution in [1.82, 2.24) is 4.90 Å². The molecule has 1 fully saturated rings. The average molecular weight is 290 g/mol. The van der Waals surface area contributed by atoms with Crippen molar-refractivity contribution in [3.63, 3.8) is 0 Å². The summed E-state index contributed by atoms with van der Waals surface area (Å²) in [4.78, 5) is 13.5. The van der Waals surface area contributed by atoms with Crippen molar-refractivity contribution in [3.8, 4) is 0 Å².